The van der Waals surface area contributed by atoms with Gasteiger partial charge in [0.05, 0.1) is 6.10 Å². The quantitative estimate of drug-likeness (QED) is 0.793. The summed E-state index contributed by atoms with van der Waals surface area (Å²) < 4.78 is 0. The molecule has 1 amide bonds. The van der Waals surface area contributed by atoms with E-state index in [1.165, 1.54) is 0 Å². The number of amides is 1. The molecule has 3 heteroatoms. The molecule has 1 saturated carbocycles. The predicted octanol–water partition coefficient (Wildman–Crippen LogP) is 1.65. The zero-order valence-electron chi connectivity index (χ0n) is 10.4. The zero-order valence-corrected chi connectivity index (χ0v) is 10.4. The molecule has 3 atom stereocenters. The van der Waals surface area contributed by atoms with Crippen LogP contribution in [0.4, 0.5) is 0 Å². The third-order valence-corrected chi connectivity index (χ3v) is 4.47. The van der Waals surface area contributed by atoms with Gasteiger partial charge in [-0.25, -0.2) is 0 Å². The predicted molar refractivity (Wildman–Crippen MR) is 62.9 cm³/mol. The van der Waals surface area contributed by atoms with Crippen LogP contribution in [0.15, 0.2) is 0 Å². The van der Waals surface area contributed by atoms with E-state index in [1.807, 2.05) is 4.90 Å². The lowest BCUT2D eigenvalue weighted by atomic mass is 10.00. The Balaban J connectivity index is 1.96. The Labute approximate surface area is 97.8 Å². The molecule has 1 aliphatic carbocycles. The van der Waals surface area contributed by atoms with Crippen molar-refractivity contribution in [3.05, 3.63) is 0 Å². The van der Waals surface area contributed by atoms with E-state index < -0.39 is 0 Å². The van der Waals surface area contributed by atoms with Crippen LogP contribution in [-0.2, 0) is 4.79 Å². The van der Waals surface area contributed by atoms with E-state index in [2.05, 4.69) is 13.8 Å². The molecular weight excluding hydrogens is 202 g/mol. The zero-order chi connectivity index (χ0) is 11.7. The molecule has 0 spiro atoms. The lowest BCUT2D eigenvalue weighted by Crippen LogP contribution is -2.35. The normalized spacial score (nSPS) is 33.5. The van der Waals surface area contributed by atoms with Crippen molar-refractivity contribution in [3.63, 3.8) is 0 Å². The van der Waals surface area contributed by atoms with Gasteiger partial charge in [-0.05, 0) is 31.6 Å². The van der Waals surface area contributed by atoms with E-state index in [9.17, 15) is 9.90 Å². The smallest absolute Gasteiger partial charge is 0.225 e. The molecular formula is C13H23NO2. The molecule has 2 fully saturated rings. The Morgan fingerprint density at radius 3 is 2.56 bits per heavy atom. The number of likely N-dealkylation sites (tertiary alicyclic amines) is 1. The highest BCUT2D eigenvalue weighted by atomic mass is 16.3. The van der Waals surface area contributed by atoms with Crippen LogP contribution in [0.5, 0.6) is 0 Å². The van der Waals surface area contributed by atoms with E-state index in [0.29, 0.717) is 17.7 Å². The van der Waals surface area contributed by atoms with Crippen LogP contribution in [0.25, 0.3) is 0 Å². The van der Waals surface area contributed by atoms with E-state index in [4.69, 9.17) is 0 Å². The average molecular weight is 225 g/mol. The first kappa shape index (κ1) is 11.9. The van der Waals surface area contributed by atoms with Crippen molar-refractivity contribution < 1.29 is 9.90 Å². The molecule has 1 N–H and O–H groups in total. The fraction of sp³-hybridized carbons (Fsp3) is 0.923. The summed E-state index contributed by atoms with van der Waals surface area (Å²) in [5.74, 6) is 1.43. The first-order chi connectivity index (χ1) is 7.67. The molecule has 1 aliphatic heterocycles. The molecule has 2 aliphatic rings. The largest absolute Gasteiger partial charge is 0.393 e. The van der Waals surface area contributed by atoms with Crippen molar-refractivity contribution in [2.24, 2.45) is 17.8 Å². The lowest BCUT2D eigenvalue weighted by Gasteiger charge is -2.23. The topological polar surface area (TPSA) is 40.5 Å². The van der Waals surface area contributed by atoms with Crippen LogP contribution in [0.3, 0.4) is 0 Å². The van der Waals surface area contributed by atoms with Crippen LogP contribution in [-0.4, -0.2) is 35.1 Å². The van der Waals surface area contributed by atoms with Gasteiger partial charge in [-0.1, -0.05) is 13.8 Å². The second-order valence-electron chi connectivity index (χ2n) is 5.33. The van der Waals surface area contributed by atoms with Gasteiger partial charge in [0.2, 0.25) is 5.91 Å². The summed E-state index contributed by atoms with van der Waals surface area (Å²) in [5, 5.41) is 9.81. The van der Waals surface area contributed by atoms with Crippen molar-refractivity contribution in [3.8, 4) is 0 Å². The molecule has 0 bridgehead atoms. The number of aliphatic hydroxyl groups is 1. The summed E-state index contributed by atoms with van der Waals surface area (Å²) in [6.45, 7) is 5.84. The Hall–Kier alpha value is -0.570. The summed E-state index contributed by atoms with van der Waals surface area (Å²) in [4.78, 5) is 14.2. The maximum absolute atomic E-state index is 12.2. The standard InChI is InChI=1S/C13H23NO2/c1-3-9(4-2)13(16)14-7-10-5-6-12(15)11(10)8-14/h9-12,15H,3-8H2,1-2H3. The minimum absolute atomic E-state index is 0.162. The second-order valence-corrected chi connectivity index (χ2v) is 5.33. The highest BCUT2D eigenvalue weighted by Crippen LogP contribution is 2.38. The van der Waals surface area contributed by atoms with Crippen LogP contribution in [0, 0.1) is 17.8 Å². The molecule has 0 aromatic carbocycles. The van der Waals surface area contributed by atoms with Gasteiger partial charge in [0.25, 0.3) is 0 Å². The van der Waals surface area contributed by atoms with Crippen LogP contribution >= 0.6 is 0 Å². The third kappa shape index (κ3) is 1.97. The Bertz CT molecular complexity index is 263. The van der Waals surface area contributed by atoms with Gasteiger partial charge in [-0.3, -0.25) is 4.79 Å². The maximum atomic E-state index is 12.2. The lowest BCUT2D eigenvalue weighted by molar-refractivity contribution is -0.135. The molecule has 0 radical (unpaired) electrons. The van der Waals surface area contributed by atoms with Crippen molar-refractivity contribution >= 4 is 5.91 Å². The third-order valence-electron chi connectivity index (χ3n) is 4.47. The van der Waals surface area contributed by atoms with E-state index in [-0.39, 0.29) is 12.0 Å². The number of aliphatic hydroxyl groups excluding tert-OH is 1. The van der Waals surface area contributed by atoms with Gasteiger partial charge in [-0.2, -0.15) is 0 Å². The molecule has 3 unspecified atom stereocenters. The molecule has 3 nitrogen and oxygen atoms in total. The van der Waals surface area contributed by atoms with E-state index in [0.717, 1.165) is 38.8 Å². The van der Waals surface area contributed by atoms with Crippen LogP contribution < -0.4 is 0 Å². The number of nitrogens with zero attached hydrogens (tertiary/aromatic N) is 1. The molecule has 1 heterocycles. The number of fused-ring (bicyclic) bond motifs is 1. The summed E-state index contributed by atoms with van der Waals surface area (Å²) >= 11 is 0. The Morgan fingerprint density at radius 1 is 1.31 bits per heavy atom. The van der Waals surface area contributed by atoms with Crippen molar-refractivity contribution in [2.45, 2.75) is 45.6 Å². The van der Waals surface area contributed by atoms with Gasteiger partial charge in [0.15, 0.2) is 0 Å². The van der Waals surface area contributed by atoms with Gasteiger partial charge >= 0.3 is 0 Å². The SMILES string of the molecule is CCC(CC)C(=O)N1CC2CCC(O)C2C1. The van der Waals surface area contributed by atoms with Crippen molar-refractivity contribution in [2.75, 3.05) is 13.1 Å². The van der Waals surface area contributed by atoms with Gasteiger partial charge in [-0.15, -0.1) is 0 Å². The minimum Gasteiger partial charge on any atom is -0.393 e. The Kier molecular flexibility index (Phi) is 3.53. The van der Waals surface area contributed by atoms with Crippen molar-refractivity contribution in [1.82, 2.24) is 4.90 Å². The molecule has 2 rings (SSSR count). The van der Waals surface area contributed by atoms with E-state index in [1.54, 1.807) is 0 Å². The monoisotopic (exact) mass is 225 g/mol. The van der Waals surface area contributed by atoms with Crippen LogP contribution in [0.1, 0.15) is 39.5 Å². The first-order valence-electron chi connectivity index (χ1n) is 6.64. The average Bonchev–Trinajstić information content (AvgIpc) is 2.83. The molecule has 92 valence electrons. The number of hydrogen-bond acceptors (Lipinski definition) is 2. The summed E-state index contributed by atoms with van der Waals surface area (Å²) in [5.41, 5.74) is 0. The first-order valence-corrected chi connectivity index (χ1v) is 6.64. The van der Waals surface area contributed by atoms with Gasteiger partial charge < -0.3 is 10.0 Å². The number of hydrogen-bond donors (Lipinski definition) is 1. The highest BCUT2D eigenvalue weighted by molar-refractivity contribution is 5.79. The number of carbonyl (C=O) groups excluding carboxylic acids is 1. The van der Waals surface area contributed by atoms with Crippen LogP contribution in [0.2, 0.25) is 0 Å². The molecule has 16 heavy (non-hydrogen) atoms. The fourth-order valence-electron chi connectivity index (χ4n) is 3.31. The fourth-order valence-corrected chi connectivity index (χ4v) is 3.31. The molecule has 1 saturated heterocycles. The highest BCUT2D eigenvalue weighted by Gasteiger charge is 2.43. The maximum Gasteiger partial charge on any atom is 0.225 e. The van der Waals surface area contributed by atoms with Crippen molar-refractivity contribution in [1.29, 1.82) is 0 Å². The summed E-state index contributed by atoms with van der Waals surface area (Å²) in [7, 11) is 0. The Morgan fingerprint density at radius 2 is 2.00 bits per heavy atom. The van der Waals surface area contributed by atoms with Gasteiger partial charge in [0.1, 0.15) is 0 Å². The molecule has 0 aromatic heterocycles. The number of rotatable bonds is 3. The van der Waals surface area contributed by atoms with E-state index >= 15 is 0 Å². The van der Waals surface area contributed by atoms with Gasteiger partial charge in [0, 0.05) is 24.9 Å². The summed E-state index contributed by atoms with van der Waals surface area (Å²) in [6.07, 6.45) is 3.73. The number of carbonyl (C=O) groups is 1. The minimum atomic E-state index is -0.162. The summed E-state index contributed by atoms with van der Waals surface area (Å²) in [6, 6.07) is 0. The molecule has 0 aromatic rings. The second kappa shape index (κ2) is 4.74.